The summed E-state index contributed by atoms with van der Waals surface area (Å²) in [6.45, 7) is 5.55. The molecule has 0 N–H and O–H groups in total. The Balaban J connectivity index is 1.37. The number of para-hydroxylation sites is 2. The topological polar surface area (TPSA) is 54.6 Å². The second-order valence-electron chi connectivity index (χ2n) is 6.76. The summed E-state index contributed by atoms with van der Waals surface area (Å²) in [4.78, 5) is 9.06. The number of benzene rings is 1. The maximum Gasteiger partial charge on any atom is 0.240 e. The monoisotopic (exact) mass is 328 g/mol. The number of hydrogen-bond acceptors (Lipinski definition) is 6. The van der Waals surface area contributed by atoms with Crippen molar-refractivity contribution in [2.45, 2.75) is 38.3 Å². The maximum absolute atomic E-state index is 6.18. The maximum atomic E-state index is 6.18. The molecular formula is C18H24N4O2. The second kappa shape index (κ2) is 6.43. The van der Waals surface area contributed by atoms with Crippen LogP contribution in [0.15, 0.2) is 28.8 Å². The van der Waals surface area contributed by atoms with Gasteiger partial charge in [0.1, 0.15) is 11.9 Å². The smallest absolute Gasteiger partial charge is 0.240 e. The molecule has 2 aliphatic rings. The van der Waals surface area contributed by atoms with Crippen molar-refractivity contribution >= 4 is 5.69 Å². The molecule has 1 atom stereocenters. The number of likely N-dealkylation sites (N-methyl/N-ethyl adjacent to an activating group) is 2. The first-order valence-corrected chi connectivity index (χ1v) is 8.74. The highest BCUT2D eigenvalue weighted by Crippen LogP contribution is 2.38. The first-order valence-electron chi connectivity index (χ1n) is 8.74. The lowest BCUT2D eigenvalue weighted by Gasteiger charge is -2.37. The van der Waals surface area contributed by atoms with Crippen LogP contribution in [0.4, 0.5) is 5.69 Å². The summed E-state index contributed by atoms with van der Waals surface area (Å²) < 4.78 is 11.5. The summed E-state index contributed by atoms with van der Waals surface area (Å²) in [5.74, 6) is 3.07. The summed E-state index contributed by atoms with van der Waals surface area (Å²) >= 11 is 0. The second-order valence-corrected chi connectivity index (χ2v) is 6.76. The zero-order valence-corrected chi connectivity index (χ0v) is 14.3. The van der Waals surface area contributed by atoms with Gasteiger partial charge in [-0.25, -0.2) is 0 Å². The fourth-order valence-corrected chi connectivity index (χ4v) is 3.26. The Bertz CT molecular complexity index is 698. The van der Waals surface area contributed by atoms with Gasteiger partial charge in [0.2, 0.25) is 5.89 Å². The fraction of sp³-hybridized carbons (Fsp3) is 0.556. The van der Waals surface area contributed by atoms with Crippen molar-refractivity contribution in [3.8, 4) is 5.75 Å². The molecule has 1 aliphatic heterocycles. The Kier molecular flexibility index (Phi) is 4.14. The molecule has 4 rings (SSSR count). The minimum absolute atomic E-state index is 0.135. The van der Waals surface area contributed by atoms with Crippen LogP contribution in [0, 0.1) is 0 Å². The molecule has 0 unspecified atom stereocenters. The van der Waals surface area contributed by atoms with E-state index in [1.54, 1.807) is 0 Å². The van der Waals surface area contributed by atoms with Gasteiger partial charge >= 0.3 is 0 Å². The van der Waals surface area contributed by atoms with Gasteiger partial charge in [0.05, 0.1) is 18.8 Å². The minimum Gasteiger partial charge on any atom is -0.485 e. The van der Waals surface area contributed by atoms with Crippen molar-refractivity contribution in [3.63, 3.8) is 0 Å². The van der Waals surface area contributed by atoms with Crippen molar-refractivity contribution in [1.29, 1.82) is 0 Å². The van der Waals surface area contributed by atoms with E-state index in [1.807, 2.05) is 12.1 Å². The number of fused-ring (bicyclic) bond motifs is 1. The fourth-order valence-electron chi connectivity index (χ4n) is 3.26. The van der Waals surface area contributed by atoms with E-state index in [9.17, 15) is 0 Å². The highest BCUT2D eigenvalue weighted by atomic mass is 16.5. The van der Waals surface area contributed by atoms with Crippen molar-refractivity contribution in [2.75, 3.05) is 31.6 Å². The van der Waals surface area contributed by atoms with E-state index >= 15 is 0 Å². The number of aromatic nitrogens is 2. The SMILES string of the molecule is CCN1C[C@H](CN(C)Cc2nc(C3CC3)no2)Oc2ccccc21. The Morgan fingerprint density at radius 1 is 1.29 bits per heavy atom. The highest BCUT2D eigenvalue weighted by molar-refractivity contribution is 5.60. The molecule has 0 amide bonds. The van der Waals surface area contributed by atoms with Crippen LogP contribution in [-0.4, -0.2) is 47.8 Å². The van der Waals surface area contributed by atoms with E-state index < -0.39 is 0 Å². The van der Waals surface area contributed by atoms with Crippen LogP contribution in [-0.2, 0) is 6.54 Å². The van der Waals surface area contributed by atoms with E-state index in [0.29, 0.717) is 18.4 Å². The van der Waals surface area contributed by atoms with Crippen molar-refractivity contribution in [3.05, 3.63) is 36.0 Å². The van der Waals surface area contributed by atoms with Gasteiger partial charge in [0.25, 0.3) is 0 Å². The van der Waals surface area contributed by atoms with Crippen molar-refractivity contribution in [2.24, 2.45) is 0 Å². The standard InChI is InChI=1S/C18H24N4O2/c1-3-22-11-14(23-16-7-5-4-6-15(16)22)10-21(2)12-17-19-18(20-24-17)13-8-9-13/h4-7,13-14H,3,8-12H2,1-2H3/t14-/m0/s1. The largest absolute Gasteiger partial charge is 0.485 e. The van der Waals surface area contributed by atoms with Gasteiger partial charge in [-0.15, -0.1) is 0 Å². The molecule has 0 radical (unpaired) electrons. The molecule has 0 bridgehead atoms. The molecule has 128 valence electrons. The zero-order valence-electron chi connectivity index (χ0n) is 14.3. The number of anilines is 1. The summed E-state index contributed by atoms with van der Waals surface area (Å²) in [5.41, 5.74) is 1.19. The average molecular weight is 328 g/mol. The Morgan fingerprint density at radius 3 is 2.92 bits per heavy atom. The van der Waals surface area contributed by atoms with E-state index in [-0.39, 0.29) is 6.10 Å². The van der Waals surface area contributed by atoms with Crippen LogP contribution in [0.3, 0.4) is 0 Å². The normalized spacial score (nSPS) is 20.1. The molecule has 1 aromatic heterocycles. The van der Waals surface area contributed by atoms with Gasteiger partial charge in [-0.3, -0.25) is 4.90 Å². The molecule has 6 nitrogen and oxygen atoms in total. The third-order valence-electron chi connectivity index (χ3n) is 4.65. The third kappa shape index (κ3) is 3.24. The van der Waals surface area contributed by atoms with E-state index in [1.165, 1.54) is 18.5 Å². The summed E-state index contributed by atoms with van der Waals surface area (Å²) in [6, 6.07) is 8.25. The Morgan fingerprint density at radius 2 is 2.12 bits per heavy atom. The molecule has 1 saturated carbocycles. The molecule has 1 fully saturated rings. The zero-order chi connectivity index (χ0) is 16.5. The third-order valence-corrected chi connectivity index (χ3v) is 4.65. The summed E-state index contributed by atoms with van der Waals surface area (Å²) in [6.07, 6.45) is 2.52. The molecule has 1 aromatic carbocycles. The van der Waals surface area contributed by atoms with Crippen LogP contribution in [0.2, 0.25) is 0 Å². The van der Waals surface area contributed by atoms with Crippen LogP contribution in [0.5, 0.6) is 5.75 Å². The van der Waals surface area contributed by atoms with Crippen molar-refractivity contribution < 1.29 is 9.26 Å². The number of nitrogens with zero attached hydrogens (tertiary/aromatic N) is 4. The van der Waals surface area contributed by atoms with Crippen molar-refractivity contribution in [1.82, 2.24) is 15.0 Å². The van der Waals surface area contributed by atoms with E-state index in [2.05, 4.69) is 46.0 Å². The lowest BCUT2D eigenvalue weighted by molar-refractivity contribution is 0.133. The van der Waals surface area contributed by atoms with Gasteiger partial charge in [0, 0.05) is 19.0 Å². The average Bonchev–Trinajstić information content (AvgIpc) is 3.34. The molecule has 6 heteroatoms. The molecular weight excluding hydrogens is 304 g/mol. The first-order chi connectivity index (χ1) is 11.7. The molecule has 0 saturated heterocycles. The first kappa shape index (κ1) is 15.4. The summed E-state index contributed by atoms with van der Waals surface area (Å²) in [5, 5.41) is 4.08. The van der Waals surface area contributed by atoms with Gasteiger partial charge in [0.15, 0.2) is 5.82 Å². The highest BCUT2D eigenvalue weighted by Gasteiger charge is 2.29. The van der Waals surface area contributed by atoms with Crippen LogP contribution >= 0.6 is 0 Å². The molecule has 24 heavy (non-hydrogen) atoms. The van der Waals surface area contributed by atoms with Crippen LogP contribution < -0.4 is 9.64 Å². The quantitative estimate of drug-likeness (QED) is 0.812. The number of rotatable bonds is 6. The van der Waals surface area contributed by atoms with Crippen LogP contribution in [0.25, 0.3) is 0 Å². The van der Waals surface area contributed by atoms with E-state index in [0.717, 1.165) is 31.2 Å². The molecule has 1 aliphatic carbocycles. The van der Waals surface area contributed by atoms with Gasteiger partial charge in [-0.1, -0.05) is 17.3 Å². The molecule has 0 spiro atoms. The molecule has 2 aromatic rings. The Hall–Kier alpha value is -2.08. The number of hydrogen-bond donors (Lipinski definition) is 0. The van der Waals surface area contributed by atoms with Gasteiger partial charge in [-0.2, -0.15) is 4.98 Å². The summed E-state index contributed by atoms with van der Waals surface area (Å²) in [7, 11) is 2.07. The predicted octanol–water partition coefficient (Wildman–Crippen LogP) is 2.67. The minimum atomic E-state index is 0.135. The lowest BCUT2D eigenvalue weighted by Crippen LogP contribution is -2.45. The Labute approximate surface area is 142 Å². The number of ether oxygens (including phenoxy) is 1. The van der Waals surface area contributed by atoms with Gasteiger partial charge in [-0.05, 0) is 38.9 Å². The predicted molar refractivity (Wildman–Crippen MR) is 91.4 cm³/mol. The van der Waals surface area contributed by atoms with E-state index in [4.69, 9.17) is 9.26 Å². The van der Waals surface area contributed by atoms with Crippen LogP contribution in [0.1, 0.15) is 37.4 Å². The molecule has 2 heterocycles. The van der Waals surface area contributed by atoms with Gasteiger partial charge < -0.3 is 14.2 Å². The lowest BCUT2D eigenvalue weighted by atomic mass is 10.2.